The van der Waals surface area contributed by atoms with Crippen LogP contribution in [0.5, 0.6) is 0 Å². The number of carbonyl (C=O) groups excluding carboxylic acids is 1. The second kappa shape index (κ2) is 6.84. The van der Waals surface area contributed by atoms with Gasteiger partial charge in [0, 0.05) is 23.7 Å². The van der Waals surface area contributed by atoms with Crippen molar-refractivity contribution in [2.45, 2.75) is 6.10 Å². The van der Waals surface area contributed by atoms with Crippen LogP contribution in [0.25, 0.3) is 0 Å². The lowest BCUT2D eigenvalue weighted by Gasteiger charge is -2.15. The third-order valence-electron chi connectivity index (χ3n) is 2.75. The molecule has 1 N–H and O–H groups in total. The first-order valence-electron chi connectivity index (χ1n) is 5.79. The van der Waals surface area contributed by atoms with Crippen LogP contribution in [-0.2, 0) is 4.74 Å². The van der Waals surface area contributed by atoms with Crippen molar-refractivity contribution in [2.24, 2.45) is 0 Å². The molecule has 1 unspecified atom stereocenters. The van der Waals surface area contributed by atoms with Crippen LogP contribution < -0.4 is 5.32 Å². The Kier molecular flexibility index (Phi) is 5.13. The highest BCUT2D eigenvalue weighted by atomic mass is 79.9. The predicted octanol–water partition coefficient (Wildman–Crippen LogP) is 3.63. The van der Waals surface area contributed by atoms with Gasteiger partial charge < -0.3 is 10.1 Å². The highest BCUT2D eigenvalue weighted by Crippen LogP contribution is 2.18. The summed E-state index contributed by atoms with van der Waals surface area (Å²) in [5, 5.41) is 6.91. The number of halogens is 1. The van der Waals surface area contributed by atoms with E-state index in [2.05, 4.69) is 21.2 Å². The van der Waals surface area contributed by atoms with Crippen LogP contribution in [0.15, 0.2) is 45.6 Å². The number of methoxy groups -OCH3 is 1. The van der Waals surface area contributed by atoms with E-state index in [1.165, 1.54) is 0 Å². The molecule has 1 amide bonds. The SMILES string of the molecule is COC(CNC(=O)c1ccc(Br)cc1)c1ccsc1. The van der Waals surface area contributed by atoms with Crippen LogP contribution >= 0.6 is 27.3 Å². The van der Waals surface area contributed by atoms with Gasteiger partial charge in [0.25, 0.3) is 5.91 Å². The molecular formula is C14H14BrNO2S. The van der Waals surface area contributed by atoms with Crippen LogP contribution in [0.4, 0.5) is 0 Å². The minimum absolute atomic E-state index is 0.0928. The van der Waals surface area contributed by atoms with Crippen LogP contribution in [0.1, 0.15) is 22.0 Å². The molecule has 1 aromatic carbocycles. The summed E-state index contributed by atoms with van der Waals surface area (Å²) in [6.07, 6.45) is -0.106. The highest BCUT2D eigenvalue weighted by molar-refractivity contribution is 9.10. The maximum atomic E-state index is 12.0. The molecule has 0 aliphatic heterocycles. The lowest BCUT2D eigenvalue weighted by atomic mass is 10.2. The fraction of sp³-hybridized carbons (Fsp3) is 0.214. The first kappa shape index (κ1) is 14.2. The summed E-state index contributed by atoms with van der Waals surface area (Å²) < 4.78 is 6.34. The minimum atomic E-state index is -0.106. The number of nitrogens with one attached hydrogen (secondary N) is 1. The zero-order valence-corrected chi connectivity index (χ0v) is 12.8. The Labute approximate surface area is 124 Å². The van der Waals surface area contributed by atoms with Crippen molar-refractivity contribution in [3.8, 4) is 0 Å². The van der Waals surface area contributed by atoms with Crippen LogP contribution in [0.3, 0.4) is 0 Å². The average molecular weight is 340 g/mol. The summed E-state index contributed by atoms with van der Waals surface area (Å²) >= 11 is 4.96. The van der Waals surface area contributed by atoms with Gasteiger partial charge in [-0.3, -0.25) is 4.79 Å². The van der Waals surface area contributed by atoms with Crippen LogP contribution in [0, 0.1) is 0 Å². The van der Waals surface area contributed by atoms with Crippen molar-refractivity contribution in [3.05, 3.63) is 56.7 Å². The van der Waals surface area contributed by atoms with Crippen molar-refractivity contribution < 1.29 is 9.53 Å². The standard InChI is InChI=1S/C14H14BrNO2S/c1-18-13(11-6-7-19-9-11)8-16-14(17)10-2-4-12(15)5-3-10/h2-7,9,13H,8H2,1H3,(H,16,17). The second-order valence-corrected chi connectivity index (χ2v) is 5.69. The number of rotatable bonds is 5. The quantitative estimate of drug-likeness (QED) is 0.903. The Bertz CT molecular complexity index is 525. The average Bonchev–Trinajstić information content (AvgIpc) is 2.94. The molecule has 1 heterocycles. The second-order valence-electron chi connectivity index (χ2n) is 4.00. The van der Waals surface area contributed by atoms with E-state index < -0.39 is 0 Å². The summed E-state index contributed by atoms with van der Waals surface area (Å²) in [4.78, 5) is 12.0. The van der Waals surface area contributed by atoms with E-state index in [-0.39, 0.29) is 12.0 Å². The molecule has 0 fully saturated rings. The maximum absolute atomic E-state index is 12.0. The number of hydrogen-bond donors (Lipinski definition) is 1. The number of ether oxygens (including phenoxy) is 1. The van der Waals surface area contributed by atoms with E-state index in [1.807, 2.05) is 29.0 Å². The van der Waals surface area contributed by atoms with Gasteiger partial charge in [-0.05, 0) is 46.7 Å². The fourth-order valence-corrected chi connectivity index (χ4v) is 2.65. The smallest absolute Gasteiger partial charge is 0.251 e. The van der Waals surface area contributed by atoms with Gasteiger partial charge in [-0.25, -0.2) is 0 Å². The molecule has 3 nitrogen and oxygen atoms in total. The molecule has 100 valence electrons. The van der Waals surface area contributed by atoms with E-state index in [1.54, 1.807) is 30.6 Å². The van der Waals surface area contributed by atoms with Gasteiger partial charge >= 0.3 is 0 Å². The van der Waals surface area contributed by atoms with E-state index in [0.29, 0.717) is 12.1 Å². The highest BCUT2D eigenvalue weighted by Gasteiger charge is 2.13. The Hall–Kier alpha value is -1.17. The molecule has 0 spiro atoms. The summed E-state index contributed by atoms with van der Waals surface area (Å²) in [5.74, 6) is -0.0928. The van der Waals surface area contributed by atoms with E-state index in [9.17, 15) is 4.79 Å². The molecule has 2 aromatic rings. The third-order valence-corrected chi connectivity index (χ3v) is 3.98. The van der Waals surface area contributed by atoms with Gasteiger partial charge in [0.2, 0.25) is 0 Å². The molecule has 1 atom stereocenters. The molecule has 1 aromatic heterocycles. The summed E-state index contributed by atoms with van der Waals surface area (Å²) in [6, 6.07) is 9.27. The van der Waals surface area contributed by atoms with E-state index >= 15 is 0 Å². The van der Waals surface area contributed by atoms with Gasteiger partial charge in [0.1, 0.15) is 6.10 Å². The molecule has 2 rings (SSSR count). The molecule has 0 radical (unpaired) electrons. The third kappa shape index (κ3) is 3.89. The minimum Gasteiger partial charge on any atom is -0.375 e. The molecule has 0 saturated carbocycles. The zero-order chi connectivity index (χ0) is 13.7. The summed E-state index contributed by atoms with van der Waals surface area (Å²) in [6.45, 7) is 0.460. The summed E-state index contributed by atoms with van der Waals surface area (Å²) in [7, 11) is 1.65. The normalized spacial score (nSPS) is 12.1. The lowest BCUT2D eigenvalue weighted by Crippen LogP contribution is -2.28. The van der Waals surface area contributed by atoms with Gasteiger partial charge in [0.05, 0.1) is 0 Å². The molecule has 0 bridgehead atoms. The first-order chi connectivity index (χ1) is 9.20. The monoisotopic (exact) mass is 339 g/mol. The van der Waals surface area contributed by atoms with E-state index in [4.69, 9.17) is 4.74 Å². The van der Waals surface area contributed by atoms with Crippen LogP contribution in [0.2, 0.25) is 0 Å². The van der Waals surface area contributed by atoms with Crippen molar-refractivity contribution in [1.82, 2.24) is 5.32 Å². The van der Waals surface area contributed by atoms with Crippen molar-refractivity contribution in [1.29, 1.82) is 0 Å². The first-order valence-corrected chi connectivity index (χ1v) is 7.53. The van der Waals surface area contributed by atoms with Gasteiger partial charge in [0.15, 0.2) is 0 Å². The number of benzene rings is 1. The van der Waals surface area contributed by atoms with Gasteiger partial charge in [-0.2, -0.15) is 11.3 Å². The number of hydrogen-bond acceptors (Lipinski definition) is 3. The molecule has 19 heavy (non-hydrogen) atoms. The molecule has 0 aliphatic carbocycles. The Morgan fingerprint density at radius 2 is 2.11 bits per heavy atom. The molecular weight excluding hydrogens is 326 g/mol. The zero-order valence-electron chi connectivity index (χ0n) is 10.4. The van der Waals surface area contributed by atoms with Gasteiger partial charge in [-0.15, -0.1) is 0 Å². The molecule has 0 aliphatic rings. The number of amides is 1. The largest absolute Gasteiger partial charge is 0.375 e. The Morgan fingerprint density at radius 1 is 1.37 bits per heavy atom. The summed E-state index contributed by atoms with van der Waals surface area (Å²) in [5.41, 5.74) is 1.73. The van der Waals surface area contributed by atoms with Crippen molar-refractivity contribution >= 4 is 33.2 Å². The maximum Gasteiger partial charge on any atom is 0.251 e. The predicted molar refractivity (Wildman–Crippen MR) is 80.5 cm³/mol. The van der Waals surface area contributed by atoms with Crippen LogP contribution in [-0.4, -0.2) is 19.6 Å². The molecule has 0 saturated heterocycles. The Balaban J connectivity index is 1.94. The van der Waals surface area contributed by atoms with Crippen molar-refractivity contribution in [3.63, 3.8) is 0 Å². The Morgan fingerprint density at radius 3 is 2.68 bits per heavy atom. The lowest BCUT2D eigenvalue weighted by molar-refractivity contribution is 0.0829. The van der Waals surface area contributed by atoms with Crippen molar-refractivity contribution in [2.75, 3.05) is 13.7 Å². The topological polar surface area (TPSA) is 38.3 Å². The molecule has 5 heteroatoms. The number of thiophene rings is 1. The van der Waals surface area contributed by atoms with E-state index in [0.717, 1.165) is 10.0 Å². The number of carbonyl (C=O) groups is 1. The van der Waals surface area contributed by atoms with Gasteiger partial charge in [-0.1, -0.05) is 15.9 Å². The fourth-order valence-electron chi connectivity index (χ4n) is 1.68.